The fourth-order valence-electron chi connectivity index (χ4n) is 2.49. The Morgan fingerprint density at radius 2 is 2.07 bits per heavy atom. The molecule has 0 aromatic carbocycles. The van der Waals surface area contributed by atoms with Crippen molar-refractivity contribution in [2.75, 3.05) is 6.54 Å². The molecule has 0 atom stereocenters. The molecule has 3 heterocycles. The van der Waals surface area contributed by atoms with E-state index in [-0.39, 0.29) is 28.3 Å². The standard InChI is InChI=1S/C16H13F2N3O4S2/c17-13-10(5-7-20-16(22)23)9-21(27(24,25)12-4-2-8-26-12)14(13)11-3-1-6-19-15(11)18/h1-4,6,8-9,20H,5,7H2,(H,22,23). The van der Waals surface area contributed by atoms with E-state index in [0.717, 1.165) is 23.7 Å². The zero-order chi connectivity index (χ0) is 19.6. The quantitative estimate of drug-likeness (QED) is 0.605. The lowest BCUT2D eigenvalue weighted by Gasteiger charge is -2.09. The van der Waals surface area contributed by atoms with Crippen LogP contribution >= 0.6 is 11.3 Å². The van der Waals surface area contributed by atoms with Crippen LogP contribution in [0.5, 0.6) is 0 Å². The smallest absolute Gasteiger partial charge is 0.404 e. The van der Waals surface area contributed by atoms with E-state index in [1.165, 1.54) is 24.3 Å². The monoisotopic (exact) mass is 413 g/mol. The zero-order valence-corrected chi connectivity index (χ0v) is 15.2. The van der Waals surface area contributed by atoms with E-state index in [0.29, 0.717) is 3.97 Å². The summed E-state index contributed by atoms with van der Waals surface area (Å²) in [4.78, 5) is 14.0. The van der Waals surface area contributed by atoms with Gasteiger partial charge in [0.25, 0.3) is 10.0 Å². The second kappa shape index (κ2) is 7.45. The van der Waals surface area contributed by atoms with Gasteiger partial charge in [-0.15, -0.1) is 11.3 Å². The molecule has 0 saturated carbocycles. The number of nitrogens with zero attached hydrogens (tertiary/aromatic N) is 2. The molecule has 2 N–H and O–H groups in total. The van der Waals surface area contributed by atoms with E-state index in [1.807, 2.05) is 0 Å². The summed E-state index contributed by atoms with van der Waals surface area (Å²) >= 11 is 0.939. The van der Waals surface area contributed by atoms with Crippen LogP contribution in [-0.2, 0) is 16.4 Å². The maximum atomic E-state index is 15.0. The molecule has 0 spiro atoms. The van der Waals surface area contributed by atoms with Gasteiger partial charge in [0.2, 0.25) is 5.95 Å². The lowest BCUT2D eigenvalue weighted by molar-refractivity contribution is 0.194. The molecule has 7 nitrogen and oxygen atoms in total. The van der Waals surface area contributed by atoms with Crippen LogP contribution in [0.15, 0.2) is 46.2 Å². The first-order valence-electron chi connectivity index (χ1n) is 7.59. The summed E-state index contributed by atoms with van der Waals surface area (Å²) < 4.78 is 55.6. The van der Waals surface area contributed by atoms with Crippen molar-refractivity contribution < 1.29 is 27.1 Å². The summed E-state index contributed by atoms with van der Waals surface area (Å²) in [5.74, 6) is -1.97. The van der Waals surface area contributed by atoms with Gasteiger partial charge in [-0.1, -0.05) is 6.07 Å². The van der Waals surface area contributed by atoms with E-state index >= 15 is 4.39 Å². The highest BCUT2D eigenvalue weighted by Gasteiger charge is 2.28. The topological polar surface area (TPSA) is 101 Å². The van der Waals surface area contributed by atoms with E-state index < -0.39 is 33.6 Å². The number of hydrogen-bond donors (Lipinski definition) is 2. The van der Waals surface area contributed by atoms with Gasteiger partial charge in [0, 0.05) is 24.5 Å². The van der Waals surface area contributed by atoms with Crippen molar-refractivity contribution in [2.45, 2.75) is 10.6 Å². The molecule has 0 fully saturated rings. The molecule has 0 aliphatic rings. The van der Waals surface area contributed by atoms with Gasteiger partial charge in [0.05, 0.1) is 5.56 Å². The molecular formula is C16H13F2N3O4S2. The van der Waals surface area contributed by atoms with Crippen LogP contribution in [-0.4, -0.2) is 35.1 Å². The van der Waals surface area contributed by atoms with Crippen LogP contribution in [0.2, 0.25) is 0 Å². The van der Waals surface area contributed by atoms with Gasteiger partial charge < -0.3 is 10.4 Å². The maximum Gasteiger partial charge on any atom is 0.404 e. The maximum absolute atomic E-state index is 15.0. The van der Waals surface area contributed by atoms with Crippen molar-refractivity contribution in [3.05, 3.63) is 59.4 Å². The van der Waals surface area contributed by atoms with Gasteiger partial charge in [0.1, 0.15) is 9.90 Å². The molecule has 0 radical (unpaired) electrons. The van der Waals surface area contributed by atoms with Crippen molar-refractivity contribution >= 4 is 27.5 Å². The highest BCUT2D eigenvalue weighted by Crippen LogP contribution is 2.32. The lowest BCUT2D eigenvalue weighted by Crippen LogP contribution is -2.23. The first kappa shape index (κ1) is 19.0. The fourth-order valence-corrected chi connectivity index (χ4v) is 4.96. The second-order valence-electron chi connectivity index (χ2n) is 5.37. The van der Waals surface area contributed by atoms with Gasteiger partial charge in [-0.2, -0.15) is 12.8 Å². The van der Waals surface area contributed by atoms with Crippen LogP contribution in [0.3, 0.4) is 0 Å². The van der Waals surface area contributed by atoms with E-state index in [9.17, 15) is 17.6 Å². The molecule has 3 aromatic rings. The van der Waals surface area contributed by atoms with E-state index in [4.69, 9.17) is 5.11 Å². The molecule has 0 saturated heterocycles. The number of carboxylic acid groups (broad SMARTS) is 1. The van der Waals surface area contributed by atoms with Gasteiger partial charge in [-0.3, -0.25) is 0 Å². The predicted molar refractivity (Wildman–Crippen MR) is 94.2 cm³/mol. The Morgan fingerprint density at radius 1 is 1.30 bits per heavy atom. The summed E-state index contributed by atoms with van der Waals surface area (Å²) in [6, 6.07) is 5.46. The number of hydrogen-bond acceptors (Lipinski definition) is 5. The number of thiophene rings is 1. The van der Waals surface area contributed by atoms with Gasteiger partial charge >= 0.3 is 6.09 Å². The van der Waals surface area contributed by atoms with Crippen molar-refractivity contribution in [1.29, 1.82) is 0 Å². The normalized spacial score (nSPS) is 11.5. The Hall–Kier alpha value is -2.79. The van der Waals surface area contributed by atoms with Crippen molar-refractivity contribution in [2.24, 2.45) is 0 Å². The molecule has 3 aromatic heterocycles. The number of halogens is 2. The van der Waals surface area contributed by atoms with Crippen LogP contribution in [0.25, 0.3) is 11.3 Å². The Labute approximate surface area is 157 Å². The fraction of sp³-hybridized carbons (Fsp3) is 0.125. The summed E-state index contributed by atoms with van der Waals surface area (Å²) in [7, 11) is -4.17. The minimum Gasteiger partial charge on any atom is -0.465 e. The van der Waals surface area contributed by atoms with E-state index in [1.54, 1.807) is 5.38 Å². The van der Waals surface area contributed by atoms with Crippen molar-refractivity contribution in [1.82, 2.24) is 14.3 Å². The SMILES string of the molecule is O=C(O)NCCc1cn(S(=O)(=O)c2cccs2)c(-c2cccnc2F)c1F. The minimum atomic E-state index is -4.17. The number of aromatic nitrogens is 2. The molecule has 0 aliphatic heterocycles. The largest absolute Gasteiger partial charge is 0.465 e. The minimum absolute atomic E-state index is 0.0433. The van der Waals surface area contributed by atoms with Crippen molar-refractivity contribution in [3.63, 3.8) is 0 Å². The Balaban J connectivity index is 2.16. The molecule has 11 heteroatoms. The Bertz CT molecular complexity index is 1080. The van der Waals surface area contributed by atoms with Gasteiger partial charge in [0.15, 0.2) is 5.82 Å². The van der Waals surface area contributed by atoms with Crippen LogP contribution < -0.4 is 5.32 Å². The summed E-state index contributed by atoms with van der Waals surface area (Å²) in [5, 5.41) is 12.3. The summed E-state index contributed by atoms with van der Waals surface area (Å²) in [6.07, 6.45) is 0.796. The van der Waals surface area contributed by atoms with Gasteiger partial charge in [-0.25, -0.2) is 18.1 Å². The Kier molecular flexibility index (Phi) is 5.24. The Morgan fingerprint density at radius 3 is 2.70 bits per heavy atom. The zero-order valence-electron chi connectivity index (χ0n) is 13.6. The molecule has 142 valence electrons. The van der Waals surface area contributed by atoms with Crippen LogP contribution in [0.1, 0.15) is 5.56 Å². The first-order chi connectivity index (χ1) is 12.8. The first-order valence-corrected chi connectivity index (χ1v) is 9.91. The highest BCUT2D eigenvalue weighted by atomic mass is 32.2. The molecule has 27 heavy (non-hydrogen) atoms. The van der Waals surface area contributed by atoms with Crippen molar-refractivity contribution in [3.8, 4) is 11.3 Å². The predicted octanol–water partition coefficient (Wildman–Crippen LogP) is 2.94. The average molecular weight is 413 g/mol. The number of nitrogens with one attached hydrogen (secondary N) is 1. The molecule has 0 bridgehead atoms. The van der Waals surface area contributed by atoms with Crippen LogP contribution in [0.4, 0.5) is 13.6 Å². The highest BCUT2D eigenvalue weighted by molar-refractivity contribution is 7.92. The lowest BCUT2D eigenvalue weighted by atomic mass is 10.1. The average Bonchev–Trinajstić information content (AvgIpc) is 3.25. The molecular weight excluding hydrogens is 400 g/mol. The third-order valence-corrected chi connectivity index (χ3v) is 6.71. The number of carbonyl (C=O) groups is 1. The van der Waals surface area contributed by atoms with E-state index in [2.05, 4.69) is 10.3 Å². The molecule has 0 aliphatic carbocycles. The number of pyridine rings is 1. The van der Waals surface area contributed by atoms with Crippen LogP contribution in [0, 0.1) is 11.8 Å². The second-order valence-corrected chi connectivity index (χ2v) is 8.36. The molecule has 1 amide bonds. The number of rotatable bonds is 6. The molecule has 3 rings (SSSR count). The summed E-state index contributed by atoms with van der Waals surface area (Å²) in [6.45, 7) is -0.135. The summed E-state index contributed by atoms with van der Waals surface area (Å²) in [5.41, 5.74) is -0.867. The third-order valence-electron chi connectivity index (χ3n) is 3.68. The third kappa shape index (κ3) is 3.69. The molecule has 0 unspecified atom stereocenters. The number of amides is 1. The van der Waals surface area contributed by atoms with Gasteiger partial charge in [-0.05, 0) is 30.0 Å².